The van der Waals surface area contributed by atoms with Crippen LogP contribution in [0.15, 0.2) is 77.0 Å². The molecule has 2 bridgehead atoms. The predicted octanol–water partition coefficient (Wildman–Crippen LogP) is 9.68. The summed E-state index contributed by atoms with van der Waals surface area (Å²) in [6.07, 6.45) is 10.2. The van der Waals surface area contributed by atoms with E-state index in [0.29, 0.717) is 62.1 Å². The number of aromatic nitrogens is 2. The Morgan fingerprint density at radius 3 is 2.49 bits per heavy atom. The van der Waals surface area contributed by atoms with Crippen molar-refractivity contribution in [2.75, 3.05) is 49.5 Å². The maximum absolute atomic E-state index is 13.9. The summed E-state index contributed by atoms with van der Waals surface area (Å²) in [5, 5.41) is 16.1. The zero-order valence-electron chi connectivity index (χ0n) is 36.2. The van der Waals surface area contributed by atoms with E-state index in [0.717, 1.165) is 81.7 Å². The molecule has 336 valence electrons. The van der Waals surface area contributed by atoms with Crippen LogP contribution in [0.3, 0.4) is 0 Å². The third-order valence-corrected chi connectivity index (χ3v) is 16.1. The van der Waals surface area contributed by atoms with Crippen LogP contribution in [0.1, 0.15) is 95.3 Å². The van der Waals surface area contributed by atoms with E-state index >= 15 is 0 Å². The highest BCUT2D eigenvalue weighted by Gasteiger charge is 2.73. The van der Waals surface area contributed by atoms with Crippen molar-refractivity contribution in [3.8, 4) is 11.5 Å². The molecule has 0 radical (unpaired) electrons. The van der Waals surface area contributed by atoms with Crippen LogP contribution in [0.5, 0.6) is 11.5 Å². The van der Waals surface area contributed by atoms with E-state index < -0.39 is 43.3 Å². The largest absolute Gasteiger partial charge is 0.455 e. The Morgan fingerprint density at radius 1 is 1.03 bits per heavy atom. The van der Waals surface area contributed by atoms with Crippen molar-refractivity contribution >= 4 is 44.0 Å². The van der Waals surface area contributed by atoms with Crippen LogP contribution in [-0.2, 0) is 10.0 Å². The second-order valence-corrected chi connectivity index (χ2v) is 21.6. The molecule has 0 unspecified atom stereocenters. The van der Waals surface area contributed by atoms with Gasteiger partial charge in [-0.05, 0) is 110 Å². The highest BCUT2D eigenvalue weighted by atomic mass is 32.2. The number of halogens is 2. The Hall–Kier alpha value is -5.09. The lowest BCUT2D eigenvalue weighted by atomic mass is 9.32. The molecule has 6 aliphatic rings. The van der Waals surface area contributed by atoms with Crippen LogP contribution < -0.4 is 19.7 Å². The molecular formula is C47H57F2N7O6S. The fourth-order valence-corrected chi connectivity index (χ4v) is 12.0. The highest BCUT2D eigenvalue weighted by Crippen LogP contribution is 2.79. The number of aromatic amines is 1. The maximum Gasteiger partial charge on any atom is 0.293 e. The second-order valence-electron chi connectivity index (χ2n) is 19.9. The number of alkyl halides is 2. The number of carbonyl (C=O) groups is 1. The number of nitro groups is 1. The third kappa shape index (κ3) is 8.64. The van der Waals surface area contributed by atoms with E-state index in [1.807, 2.05) is 6.07 Å². The summed E-state index contributed by atoms with van der Waals surface area (Å²) in [6, 6.07) is 12.2. The minimum Gasteiger partial charge on any atom is -0.455 e. The fourth-order valence-electron chi connectivity index (χ4n) is 11.0. The van der Waals surface area contributed by atoms with Gasteiger partial charge < -0.3 is 19.9 Å². The normalized spacial score (nSPS) is 26.0. The predicted molar refractivity (Wildman–Crippen MR) is 238 cm³/mol. The number of H-pyrrole nitrogens is 1. The number of carbonyl (C=O) groups excluding carboxylic acids is 1. The number of nitro benzene ring substituents is 1. The van der Waals surface area contributed by atoms with Crippen LogP contribution in [0.2, 0.25) is 0 Å². The molecule has 1 aliphatic heterocycles. The SMILES string of the molecule is CC1(C)CCC(CN2CCN(c3ccc(C(=O)NS(=O)(=O)c4ccc(NC[C@H]5CC[C@@H](C)CC5)c([N+](=O)[O-])c4)c(Oc4cnc5[nH]ccc5c4)c3)CC2)=C(C23CC(C(F)F)(C2)C3)C1. The van der Waals surface area contributed by atoms with Crippen molar-refractivity contribution in [2.24, 2.45) is 28.1 Å². The number of nitrogens with one attached hydrogen (secondary N) is 3. The number of sulfonamides is 1. The summed E-state index contributed by atoms with van der Waals surface area (Å²) in [6.45, 7) is 11.1. The van der Waals surface area contributed by atoms with E-state index in [2.05, 4.69) is 50.6 Å². The number of nitrogens with zero attached hydrogens (tertiary/aromatic N) is 4. The van der Waals surface area contributed by atoms with Gasteiger partial charge in [0.2, 0.25) is 6.43 Å². The lowest BCUT2D eigenvalue weighted by molar-refractivity contribution is -0.384. The average Bonchev–Trinajstić information content (AvgIpc) is 3.68. The zero-order chi connectivity index (χ0) is 44.3. The van der Waals surface area contributed by atoms with Crippen molar-refractivity contribution in [2.45, 2.75) is 96.3 Å². The van der Waals surface area contributed by atoms with E-state index in [4.69, 9.17) is 4.74 Å². The minimum atomic E-state index is -4.56. The quantitative estimate of drug-likeness (QED) is 0.0632. The number of ether oxygens (including phenoxy) is 1. The number of amides is 1. The van der Waals surface area contributed by atoms with Gasteiger partial charge in [-0.25, -0.2) is 26.9 Å². The number of fused-ring (bicyclic) bond motifs is 1. The number of anilines is 2. The lowest BCUT2D eigenvalue weighted by Crippen LogP contribution is -2.66. The molecule has 1 amide bonds. The first-order chi connectivity index (χ1) is 30.0. The molecule has 4 saturated carbocycles. The maximum atomic E-state index is 13.9. The highest BCUT2D eigenvalue weighted by molar-refractivity contribution is 7.90. The summed E-state index contributed by atoms with van der Waals surface area (Å²) in [4.78, 5) is 37.1. The molecule has 2 aromatic carbocycles. The van der Waals surface area contributed by atoms with E-state index in [1.54, 1.807) is 24.4 Å². The van der Waals surface area contributed by atoms with Crippen molar-refractivity contribution in [1.82, 2.24) is 19.6 Å². The molecule has 3 heterocycles. The van der Waals surface area contributed by atoms with Crippen LogP contribution in [0, 0.1) is 38.2 Å². The van der Waals surface area contributed by atoms with E-state index in [-0.39, 0.29) is 27.8 Å². The van der Waals surface area contributed by atoms with Crippen molar-refractivity contribution in [1.29, 1.82) is 0 Å². The summed E-state index contributed by atoms with van der Waals surface area (Å²) in [5.74, 6) is 0.527. The lowest BCUT2D eigenvalue weighted by Gasteiger charge is -2.72. The Balaban J connectivity index is 0.913. The second kappa shape index (κ2) is 16.5. The molecule has 63 heavy (non-hydrogen) atoms. The van der Waals surface area contributed by atoms with Gasteiger partial charge in [0.15, 0.2) is 0 Å². The van der Waals surface area contributed by atoms with Gasteiger partial charge in [0.1, 0.15) is 22.8 Å². The van der Waals surface area contributed by atoms with Gasteiger partial charge in [0, 0.05) is 74.1 Å². The number of rotatable bonds is 14. The first-order valence-corrected chi connectivity index (χ1v) is 23.8. The van der Waals surface area contributed by atoms with Crippen LogP contribution >= 0.6 is 0 Å². The smallest absolute Gasteiger partial charge is 0.293 e. The molecule has 2 aromatic heterocycles. The average molecular weight is 886 g/mol. The molecule has 0 atom stereocenters. The van der Waals surface area contributed by atoms with Gasteiger partial charge in [-0.2, -0.15) is 0 Å². The van der Waals surface area contributed by atoms with Gasteiger partial charge in [-0.3, -0.25) is 19.8 Å². The first kappa shape index (κ1) is 43.2. The van der Waals surface area contributed by atoms with Crippen LogP contribution in [0.25, 0.3) is 11.0 Å². The molecule has 16 heteroatoms. The van der Waals surface area contributed by atoms with Gasteiger partial charge in [0.05, 0.1) is 21.6 Å². The minimum absolute atomic E-state index is 0.0385. The topological polar surface area (TPSA) is 163 Å². The first-order valence-electron chi connectivity index (χ1n) is 22.3. The van der Waals surface area contributed by atoms with Gasteiger partial charge in [-0.15, -0.1) is 0 Å². The molecular weight excluding hydrogens is 829 g/mol. The molecule has 4 aromatic rings. The number of pyridine rings is 1. The number of piperazine rings is 1. The summed E-state index contributed by atoms with van der Waals surface area (Å²) in [7, 11) is -4.56. The molecule has 0 spiro atoms. The van der Waals surface area contributed by atoms with Gasteiger partial charge >= 0.3 is 0 Å². The molecule has 1 saturated heterocycles. The molecule has 5 aliphatic carbocycles. The summed E-state index contributed by atoms with van der Waals surface area (Å²) in [5.41, 5.74) is 3.46. The molecule has 5 fully saturated rings. The Bertz CT molecular complexity index is 2540. The molecule has 13 nitrogen and oxygen atoms in total. The summed E-state index contributed by atoms with van der Waals surface area (Å²) < 4.78 is 63.5. The molecule has 10 rings (SSSR count). The summed E-state index contributed by atoms with van der Waals surface area (Å²) >= 11 is 0. The third-order valence-electron chi connectivity index (χ3n) is 14.7. The van der Waals surface area contributed by atoms with Crippen molar-refractivity contribution < 1.29 is 31.7 Å². The Labute approximate surface area is 367 Å². The van der Waals surface area contributed by atoms with Crippen molar-refractivity contribution in [3.63, 3.8) is 0 Å². The van der Waals surface area contributed by atoms with Crippen LogP contribution in [-0.4, -0.2) is 79.8 Å². The van der Waals surface area contributed by atoms with Gasteiger partial charge in [0.25, 0.3) is 21.6 Å². The number of benzene rings is 2. The number of allylic oxidation sites excluding steroid dienone is 1. The fraction of sp³-hybridized carbons (Fsp3) is 0.532. The van der Waals surface area contributed by atoms with Crippen molar-refractivity contribution in [3.05, 3.63) is 87.7 Å². The number of hydrogen-bond acceptors (Lipinski definition) is 10. The van der Waals surface area contributed by atoms with E-state index in [1.165, 1.54) is 35.5 Å². The zero-order valence-corrected chi connectivity index (χ0v) is 37.0. The van der Waals surface area contributed by atoms with Gasteiger partial charge in [-0.1, -0.05) is 44.8 Å². The molecule has 3 N–H and O–H groups in total. The number of hydrogen-bond donors (Lipinski definition) is 3. The van der Waals surface area contributed by atoms with E-state index in [9.17, 15) is 32.1 Å². The Morgan fingerprint density at radius 2 is 1.78 bits per heavy atom. The monoisotopic (exact) mass is 885 g/mol. The Kier molecular flexibility index (Phi) is 11.3. The standard InChI is InChI=1S/C47H57F2N7O6S/c1-30-4-6-31(7-5-30)24-51-39-11-9-36(22-40(39)56(58)59)63(60,61)53-43(57)37-10-8-34(21-41(37)62-35-20-32-13-15-50-42(32)52-25-35)55-18-16-54(17-19-55)26-33-12-14-45(2,3)23-38(33)46-27-47(28-46,29-46)44(48)49/h8-11,13,15,20-22,25,30-31,44,51H,4-7,12,14,16-19,23-24,26-29H2,1-3H3,(H,50,52)(H,53,57)/t30-,31+,46?,47?. The van der Waals surface area contributed by atoms with Crippen LogP contribution in [0.4, 0.5) is 25.8 Å².